The Hall–Kier alpha value is -3.91. The zero-order chi connectivity index (χ0) is 24.9. The van der Waals surface area contributed by atoms with Crippen LogP contribution in [0.15, 0.2) is 75.7 Å². The average molecular weight is 491 g/mol. The molecule has 0 spiro atoms. The lowest BCUT2D eigenvalue weighted by molar-refractivity contribution is -0.139. The quantitative estimate of drug-likeness (QED) is 0.474. The van der Waals surface area contributed by atoms with Crippen molar-refractivity contribution in [2.75, 3.05) is 20.8 Å². The van der Waals surface area contributed by atoms with Crippen LogP contribution in [0.1, 0.15) is 31.0 Å². The lowest BCUT2D eigenvalue weighted by atomic mass is 10.0. The lowest BCUT2D eigenvalue weighted by Crippen LogP contribution is -2.38. The van der Waals surface area contributed by atoms with Gasteiger partial charge in [0.15, 0.2) is 4.80 Å². The molecule has 0 fully saturated rings. The first-order valence-electron chi connectivity index (χ1n) is 11.1. The summed E-state index contributed by atoms with van der Waals surface area (Å²) in [5.41, 5.74) is 2.27. The minimum atomic E-state index is -0.653. The van der Waals surface area contributed by atoms with Crippen molar-refractivity contribution in [3.05, 3.63) is 96.7 Å². The lowest BCUT2D eigenvalue weighted by Gasteiger charge is -2.21. The second-order valence-electron chi connectivity index (χ2n) is 7.72. The summed E-state index contributed by atoms with van der Waals surface area (Å²) in [7, 11) is 3.16. The van der Waals surface area contributed by atoms with Gasteiger partial charge >= 0.3 is 5.97 Å². The molecule has 180 valence electrons. The summed E-state index contributed by atoms with van der Waals surface area (Å²) >= 11 is 1.26. The number of nitrogens with zero attached hydrogens (tertiary/aromatic N) is 2. The van der Waals surface area contributed by atoms with Crippen molar-refractivity contribution in [3.63, 3.8) is 0 Å². The Bertz CT molecular complexity index is 1480. The summed E-state index contributed by atoms with van der Waals surface area (Å²) in [6, 6.07) is 14.4. The molecular formula is C27H26N2O5S. The molecule has 1 aromatic heterocycles. The number of allylic oxidation sites excluding steroid dienone is 2. The number of benzene rings is 2. The number of carbonyl (C=O) groups is 1. The molecule has 3 aromatic rings. The Morgan fingerprint density at radius 2 is 1.91 bits per heavy atom. The van der Waals surface area contributed by atoms with Crippen LogP contribution < -0.4 is 24.4 Å². The van der Waals surface area contributed by atoms with E-state index in [1.165, 1.54) is 11.3 Å². The number of carbonyl (C=O) groups excluding carboxylic acids is 1. The number of rotatable bonds is 7. The van der Waals surface area contributed by atoms with Crippen LogP contribution in [0.25, 0.3) is 12.2 Å². The number of esters is 1. The molecule has 0 saturated carbocycles. The summed E-state index contributed by atoms with van der Waals surface area (Å²) in [6.07, 6.45) is 5.49. The van der Waals surface area contributed by atoms with E-state index in [0.29, 0.717) is 37.7 Å². The summed E-state index contributed by atoms with van der Waals surface area (Å²) in [5, 5.41) is 0. The van der Waals surface area contributed by atoms with E-state index in [1.54, 1.807) is 56.9 Å². The van der Waals surface area contributed by atoms with E-state index in [-0.39, 0.29) is 12.2 Å². The first kappa shape index (κ1) is 24.2. The van der Waals surface area contributed by atoms with Crippen LogP contribution in [-0.4, -0.2) is 31.4 Å². The largest absolute Gasteiger partial charge is 0.497 e. The van der Waals surface area contributed by atoms with Crippen molar-refractivity contribution in [2.45, 2.75) is 19.9 Å². The van der Waals surface area contributed by atoms with Gasteiger partial charge in [-0.25, -0.2) is 9.79 Å². The van der Waals surface area contributed by atoms with Gasteiger partial charge in [0.05, 0.1) is 42.7 Å². The molecule has 2 aromatic carbocycles. The zero-order valence-corrected chi connectivity index (χ0v) is 20.8. The number of thiazole rings is 1. The maximum absolute atomic E-state index is 13.6. The predicted molar refractivity (Wildman–Crippen MR) is 136 cm³/mol. The third-order valence-electron chi connectivity index (χ3n) is 5.55. The summed E-state index contributed by atoms with van der Waals surface area (Å²) < 4.78 is 18.1. The van der Waals surface area contributed by atoms with E-state index in [0.717, 1.165) is 5.56 Å². The summed E-state index contributed by atoms with van der Waals surface area (Å²) in [6.45, 7) is 3.74. The van der Waals surface area contributed by atoms with Crippen molar-refractivity contribution < 1.29 is 19.0 Å². The van der Waals surface area contributed by atoms with E-state index in [9.17, 15) is 9.59 Å². The molecule has 1 atom stereocenters. The zero-order valence-electron chi connectivity index (χ0n) is 20.0. The maximum Gasteiger partial charge on any atom is 0.338 e. The van der Waals surface area contributed by atoms with Crippen LogP contribution >= 0.6 is 11.3 Å². The first-order chi connectivity index (χ1) is 17.0. The van der Waals surface area contributed by atoms with Crippen molar-refractivity contribution in [1.82, 2.24) is 4.57 Å². The highest BCUT2D eigenvalue weighted by Gasteiger charge is 2.30. The molecule has 2 heterocycles. The van der Waals surface area contributed by atoms with Crippen molar-refractivity contribution in [1.29, 1.82) is 0 Å². The Morgan fingerprint density at radius 1 is 1.14 bits per heavy atom. The number of hydrogen-bond donors (Lipinski definition) is 0. The fourth-order valence-electron chi connectivity index (χ4n) is 3.88. The first-order valence-corrected chi connectivity index (χ1v) is 11.9. The van der Waals surface area contributed by atoms with Gasteiger partial charge in [-0.1, -0.05) is 53.8 Å². The second kappa shape index (κ2) is 10.6. The molecule has 0 radical (unpaired) electrons. The second-order valence-corrected chi connectivity index (χ2v) is 8.73. The molecule has 0 aliphatic carbocycles. The molecule has 0 N–H and O–H groups in total. The smallest absolute Gasteiger partial charge is 0.338 e. The van der Waals surface area contributed by atoms with Gasteiger partial charge < -0.3 is 14.2 Å². The van der Waals surface area contributed by atoms with E-state index in [4.69, 9.17) is 14.2 Å². The third kappa shape index (κ3) is 4.97. The van der Waals surface area contributed by atoms with Crippen LogP contribution in [-0.2, 0) is 9.53 Å². The normalized spacial score (nSPS) is 15.7. The Balaban J connectivity index is 1.90. The van der Waals surface area contributed by atoms with Gasteiger partial charge in [0.1, 0.15) is 11.5 Å². The van der Waals surface area contributed by atoms with Crippen LogP contribution in [0.4, 0.5) is 0 Å². The summed E-state index contributed by atoms with van der Waals surface area (Å²) in [5.74, 6) is 0.773. The number of aromatic nitrogens is 1. The molecule has 1 unspecified atom stereocenters. The highest BCUT2D eigenvalue weighted by Crippen LogP contribution is 2.27. The highest BCUT2D eigenvalue weighted by molar-refractivity contribution is 7.07. The number of ether oxygens (including phenoxy) is 3. The SMILES string of the molecule is CCOC(=O)C1=C(C)N=c2s/c(=C\c3cc(OC)ccc3OC)c(=O)n2C1/C=C/c1ccccc1. The van der Waals surface area contributed by atoms with Gasteiger partial charge in [-0.15, -0.1) is 0 Å². The topological polar surface area (TPSA) is 79.1 Å². The third-order valence-corrected chi connectivity index (χ3v) is 6.54. The van der Waals surface area contributed by atoms with Crippen molar-refractivity contribution >= 4 is 29.5 Å². The molecular weight excluding hydrogens is 464 g/mol. The minimum absolute atomic E-state index is 0.227. The molecule has 35 heavy (non-hydrogen) atoms. The van der Waals surface area contributed by atoms with Crippen LogP contribution in [0.2, 0.25) is 0 Å². The van der Waals surface area contributed by atoms with Crippen molar-refractivity contribution in [3.8, 4) is 11.5 Å². The molecule has 8 heteroatoms. The maximum atomic E-state index is 13.6. The Labute approximate surface area is 206 Å². The highest BCUT2D eigenvalue weighted by atomic mass is 32.1. The van der Waals surface area contributed by atoms with Gasteiger partial charge in [0.2, 0.25) is 0 Å². The van der Waals surface area contributed by atoms with Crippen LogP contribution in [0.3, 0.4) is 0 Å². The molecule has 7 nitrogen and oxygen atoms in total. The Morgan fingerprint density at radius 3 is 2.60 bits per heavy atom. The Kier molecular flexibility index (Phi) is 7.31. The van der Waals surface area contributed by atoms with Gasteiger partial charge in [-0.3, -0.25) is 9.36 Å². The van der Waals surface area contributed by atoms with E-state index < -0.39 is 12.0 Å². The van der Waals surface area contributed by atoms with Gasteiger partial charge in [-0.05, 0) is 43.7 Å². The molecule has 1 aliphatic heterocycles. The molecule has 0 bridgehead atoms. The monoisotopic (exact) mass is 490 g/mol. The minimum Gasteiger partial charge on any atom is -0.497 e. The number of hydrogen-bond acceptors (Lipinski definition) is 7. The van der Waals surface area contributed by atoms with Gasteiger partial charge in [-0.2, -0.15) is 0 Å². The van der Waals surface area contributed by atoms with Crippen LogP contribution in [0, 0.1) is 0 Å². The fourth-order valence-corrected chi connectivity index (χ4v) is 4.92. The molecule has 4 rings (SSSR count). The van der Waals surface area contributed by atoms with Gasteiger partial charge in [0.25, 0.3) is 5.56 Å². The van der Waals surface area contributed by atoms with Crippen molar-refractivity contribution in [2.24, 2.45) is 4.99 Å². The van der Waals surface area contributed by atoms with E-state index in [1.807, 2.05) is 42.5 Å². The number of methoxy groups -OCH3 is 2. The van der Waals surface area contributed by atoms with E-state index in [2.05, 4.69) is 4.99 Å². The molecule has 0 saturated heterocycles. The predicted octanol–water partition coefficient (Wildman–Crippen LogP) is 3.48. The standard InChI is InChI=1S/C27H26N2O5S/c1-5-34-26(31)24-17(2)28-27-29(21(24)13-11-18-9-7-6-8-10-18)25(30)23(35-27)16-19-15-20(32-3)12-14-22(19)33-4/h6-16,21H,5H2,1-4H3/b13-11+,23-16-. The average Bonchev–Trinajstić information content (AvgIpc) is 3.17. The number of fused-ring (bicyclic) bond motifs is 1. The molecule has 1 aliphatic rings. The van der Waals surface area contributed by atoms with E-state index >= 15 is 0 Å². The fraction of sp³-hybridized carbons (Fsp3) is 0.222. The summed E-state index contributed by atoms with van der Waals surface area (Å²) in [4.78, 5) is 31.6. The van der Waals surface area contributed by atoms with Crippen LogP contribution in [0.5, 0.6) is 11.5 Å². The van der Waals surface area contributed by atoms with Gasteiger partial charge in [0, 0.05) is 5.56 Å². The molecule has 0 amide bonds.